The smallest absolute Gasteiger partial charge is 0.105 e. The van der Waals surface area contributed by atoms with Gasteiger partial charge in [-0.05, 0) is 22.4 Å². The van der Waals surface area contributed by atoms with Crippen molar-refractivity contribution in [3.8, 4) is 0 Å². The quantitative estimate of drug-likeness (QED) is 0.857. The molecule has 0 bridgehead atoms. The molecular weight excluding hydrogens is 248 g/mol. The van der Waals surface area contributed by atoms with Crippen molar-refractivity contribution in [1.82, 2.24) is 9.78 Å². The summed E-state index contributed by atoms with van der Waals surface area (Å²) in [6.45, 7) is 2.00. The Morgan fingerprint density at radius 2 is 2.21 bits per heavy atom. The molecule has 0 amide bonds. The van der Waals surface area contributed by atoms with Crippen molar-refractivity contribution in [1.29, 1.82) is 0 Å². The van der Waals surface area contributed by atoms with Crippen molar-refractivity contribution in [2.24, 2.45) is 7.05 Å². The van der Waals surface area contributed by atoms with E-state index in [2.05, 4.69) is 21.0 Å². The maximum absolute atomic E-state index is 9.67. The van der Waals surface area contributed by atoms with Crippen LogP contribution in [-0.2, 0) is 13.5 Å². The highest BCUT2D eigenvalue weighted by atomic mass is 79.9. The normalized spacial score (nSPS) is 13.2. The summed E-state index contributed by atoms with van der Waals surface area (Å²) >= 11 is 3.41. The van der Waals surface area contributed by atoms with Crippen LogP contribution in [0.5, 0.6) is 0 Å². The maximum atomic E-state index is 9.67. The average Bonchev–Trinajstić information content (AvgIpc) is 2.42. The van der Waals surface area contributed by atoms with E-state index >= 15 is 0 Å². The van der Waals surface area contributed by atoms with E-state index in [1.165, 1.54) is 0 Å². The Morgan fingerprint density at radius 3 is 2.64 bits per heavy atom. The Bertz CT molecular complexity index is 312. The number of nitrogens with zero attached hydrogens (tertiary/aromatic N) is 2. The molecule has 0 saturated heterocycles. The number of aromatic nitrogens is 2. The predicted octanol–water partition coefficient (Wildman–Crippen LogP) is 1.16. The van der Waals surface area contributed by atoms with Gasteiger partial charge < -0.3 is 10.2 Å². The van der Waals surface area contributed by atoms with Gasteiger partial charge in [0, 0.05) is 20.1 Å². The minimum atomic E-state index is -0.694. The van der Waals surface area contributed by atoms with Gasteiger partial charge in [0.15, 0.2) is 0 Å². The van der Waals surface area contributed by atoms with Crippen LogP contribution in [0.2, 0.25) is 0 Å². The summed E-state index contributed by atoms with van der Waals surface area (Å²) in [5.41, 5.74) is 1.66. The monoisotopic (exact) mass is 262 g/mol. The first-order valence-corrected chi connectivity index (χ1v) is 5.41. The van der Waals surface area contributed by atoms with E-state index in [1.54, 1.807) is 4.68 Å². The van der Waals surface area contributed by atoms with Gasteiger partial charge >= 0.3 is 0 Å². The number of hydrogen-bond donors (Lipinski definition) is 2. The zero-order chi connectivity index (χ0) is 10.7. The minimum Gasteiger partial charge on any atom is -0.396 e. The fraction of sp³-hybridized carbons (Fsp3) is 0.667. The first kappa shape index (κ1) is 11.7. The first-order valence-electron chi connectivity index (χ1n) is 4.62. The molecule has 1 rings (SSSR count). The summed E-state index contributed by atoms with van der Waals surface area (Å²) in [7, 11) is 1.85. The van der Waals surface area contributed by atoms with Gasteiger partial charge in [0.1, 0.15) is 11.8 Å². The molecule has 2 N–H and O–H groups in total. The predicted molar refractivity (Wildman–Crippen MR) is 56.9 cm³/mol. The summed E-state index contributed by atoms with van der Waals surface area (Å²) in [5.74, 6) is 0. The van der Waals surface area contributed by atoms with E-state index in [9.17, 15) is 5.11 Å². The van der Waals surface area contributed by atoms with Gasteiger partial charge in [-0.3, -0.25) is 4.68 Å². The molecule has 0 fully saturated rings. The lowest BCUT2D eigenvalue weighted by atomic mass is 10.2. The SMILES string of the molecule is CCc1c(Br)c(C(O)CCO)nn1C. The molecule has 1 heterocycles. The van der Waals surface area contributed by atoms with Crippen LogP contribution in [0.25, 0.3) is 0 Å². The summed E-state index contributed by atoms with van der Waals surface area (Å²) in [6, 6.07) is 0. The van der Waals surface area contributed by atoms with Crippen LogP contribution in [0.1, 0.15) is 30.8 Å². The number of rotatable bonds is 4. The molecule has 0 aliphatic rings. The molecule has 0 saturated carbocycles. The zero-order valence-corrected chi connectivity index (χ0v) is 9.95. The van der Waals surface area contributed by atoms with Gasteiger partial charge in [-0.15, -0.1) is 0 Å². The Balaban J connectivity index is 2.98. The van der Waals surface area contributed by atoms with Gasteiger partial charge in [0.2, 0.25) is 0 Å². The van der Waals surface area contributed by atoms with Gasteiger partial charge in [0.05, 0.1) is 10.2 Å². The fourth-order valence-electron chi connectivity index (χ4n) is 1.41. The van der Waals surface area contributed by atoms with Gasteiger partial charge in [0.25, 0.3) is 0 Å². The van der Waals surface area contributed by atoms with Crippen LogP contribution < -0.4 is 0 Å². The Hall–Kier alpha value is -0.390. The molecule has 4 nitrogen and oxygen atoms in total. The van der Waals surface area contributed by atoms with Crippen molar-refractivity contribution in [3.63, 3.8) is 0 Å². The molecule has 1 atom stereocenters. The van der Waals surface area contributed by atoms with E-state index in [0.29, 0.717) is 12.1 Å². The lowest BCUT2D eigenvalue weighted by molar-refractivity contribution is 0.129. The number of aryl methyl sites for hydroxylation is 1. The van der Waals surface area contributed by atoms with Crippen molar-refractivity contribution in [2.75, 3.05) is 6.61 Å². The van der Waals surface area contributed by atoms with Crippen molar-refractivity contribution in [2.45, 2.75) is 25.9 Å². The molecular formula is C9H15BrN2O2. The molecule has 0 aromatic carbocycles. The van der Waals surface area contributed by atoms with Crippen LogP contribution in [0.3, 0.4) is 0 Å². The van der Waals surface area contributed by atoms with Crippen LogP contribution in [0.4, 0.5) is 0 Å². The standard InChI is InChI=1S/C9H15BrN2O2/c1-3-6-8(10)9(11-12(6)2)7(14)4-5-13/h7,13-14H,3-5H2,1-2H3. The lowest BCUT2D eigenvalue weighted by Gasteiger charge is -2.05. The number of aliphatic hydroxyl groups excluding tert-OH is 2. The van der Waals surface area contributed by atoms with E-state index in [0.717, 1.165) is 16.6 Å². The van der Waals surface area contributed by atoms with Crippen molar-refractivity contribution >= 4 is 15.9 Å². The molecule has 0 radical (unpaired) electrons. The summed E-state index contributed by atoms with van der Waals surface area (Å²) in [5, 5.41) is 22.6. The maximum Gasteiger partial charge on any atom is 0.105 e. The third-order valence-electron chi connectivity index (χ3n) is 2.18. The molecule has 1 aromatic rings. The zero-order valence-electron chi connectivity index (χ0n) is 8.37. The minimum absolute atomic E-state index is 0.0361. The second kappa shape index (κ2) is 4.91. The summed E-state index contributed by atoms with van der Waals surface area (Å²) in [6.07, 6.45) is 0.482. The molecule has 1 aromatic heterocycles. The molecule has 0 aliphatic carbocycles. The molecule has 0 aliphatic heterocycles. The Kier molecular flexibility index (Phi) is 4.10. The molecule has 1 unspecified atom stereocenters. The van der Waals surface area contributed by atoms with Crippen LogP contribution in [0.15, 0.2) is 4.47 Å². The summed E-state index contributed by atoms with van der Waals surface area (Å²) in [4.78, 5) is 0. The fourth-order valence-corrected chi connectivity index (χ4v) is 2.29. The van der Waals surface area contributed by atoms with E-state index in [1.807, 2.05) is 14.0 Å². The number of halogens is 1. The number of hydrogen-bond acceptors (Lipinski definition) is 3. The van der Waals surface area contributed by atoms with Crippen molar-refractivity contribution in [3.05, 3.63) is 15.9 Å². The van der Waals surface area contributed by atoms with E-state index in [4.69, 9.17) is 5.11 Å². The molecule has 5 heteroatoms. The largest absolute Gasteiger partial charge is 0.396 e. The Morgan fingerprint density at radius 1 is 1.57 bits per heavy atom. The van der Waals surface area contributed by atoms with Crippen LogP contribution in [-0.4, -0.2) is 26.6 Å². The average molecular weight is 263 g/mol. The van der Waals surface area contributed by atoms with Crippen LogP contribution in [0, 0.1) is 0 Å². The number of aliphatic hydroxyl groups is 2. The van der Waals surface area contributed by atoms with Crippen molar-refractivity contribution < 1.29 is 10.2 Å². The Labute approximate surface area is 91.7 Å². The lowest BCUT2D eigenvalue weighted by Crippen LogP contribution is -2.02. The molecule has 14 heavy (non-hydrogen) atoms. The topological polar surface area (TPSA) is 58.3 Å². The van der Waals surface area contributed by atoms with Gasteiger partial charge in [-0.2, -0.15) is 5.10 Å². The third kappa shape index (κ3) is 2.16. The van der Waals surface area contributed by atoms with E-state index in [-0.39, 0.29) is 6.61 Å². The van der Waals surface area contributed by atoms with E-state index < -0.39 is 6.10 Å². The highest BCUT2D eigenvalue weighted by Gasteiger charge is 2.18. The molecule has 80 valence electrons. The van der Waals surface area contributed by atoms with Crippen LogP contribution >= 0.6 is 15.9 Å². The highest BCUT2D eigenvalue weighted by Crippen LogP contribution is 2.27. The second-order valence-corrected chi connectivity index (χ2v) is 3.94. The van der Waals surface area contributed by atoms with Gasteiger partial charge in [-0.25, -0.2) is 0 Å². The first-order chi connectivity index (χ1) is 6.61. The summed E-state index contributed by atoms with van der Waals surface area (Å²) < 4.78 is 2.60. The highest BCUT2D eigenvalue weighted by molar-refractivity contribution is 9.10. The molecule has 0 spiro atoms. The second-order valence-electron chi connectivity index (χ2n) is 3.15. The third-order valence-corrected chi connectivity index (χ3v) is 3.04. The van der Waals surface area contributed by atoms with Gasteiger partial charge in [-0.1, -0.05) is 6.92 Å².